The SMILES string of the molecule is CNc1cc(N2CCc3c(CN4CC[C@@H](N5CCC6(CCN(C(=O)OC(C)(C)C)CC6)CC5)C(F)(F)C4)cccc32)nn2c(C(=O)N[C@@H]3CC[C@H]3OC)cnc12. The first-order valence-electron chi connectivity index (χ1n) is 20.4. The predicted molar refractivity (Wildman–Crippen MR) is 210 cm³/mol. The van der Waals surface area contributed by atoms with Gasteiger partial charge in [-0.15, -0.1) is 5.10 Å². The highest BCUT2D eigenvalue weighted by atomic mass is 19.3. The van der Waals surface area contributed by atoms with Gasteiger partial charge >= 0.3 is 6.09 Å². The summed E-state index contributed by atoms with van der Waals surface area (Å²) in [5, 5.41) is 11.2. The van der Waals surface area contributed by atoms with E-state index in [2.05, 4.69) is 32.7 Å². The van der Waals surface area contributed by atoms with Crippen molar-refractivity contribution >= 4 is 34.8 Å². The molecule has 56 heavy (non-hydrogen) atoms. The van der Waals surface area contributed by atoms with E-state index >= 15 is 8.78 Å². The summed E-state index contributed by atoms with van der Waals surface area (Å²) in [6, 6.07) is 7.26. The van der Waals surface area contributed by atoms with E-state index in [-0.39, 0.29) is 36.1 Å². The summed E-state index contributed by atoms with van der Waals surface area (Å²) in [5.41, 5.74) is 4.44. The van der Waals surface area contributed by atoms with Crippen LogP contribution in [0.1, 0.15) is 87.3 Å². The van der Waals surface area contributed by atoms with Gasteiger partial charge in [0.2, 0.25) is 0 Å². The van der Waals surface area contributed by atoms with Gasteiger partial charge in [0.05, 0.1) is 36.6 Å². The first-order chi connectivity index (χ1) is 26.8. The first-order valence-corrected chi connectivity index (χ1v) is 20.4. The number of halogens is 2. The number of rotatable bonds is 8. The number of nitrogens with one attached hydrogen (secondary N) is 2. The molecule has 4 aliphatic heterocycles. The molecule has 2 N–H and O–H groups in total. The van der Waals surface area contributed by atoms with Gasteiger partial charge in [-0.2, -0.15) is 0 Å². The van der Waals surface area contributed by atoms with E-state index in [9.17, 15) is 9.59 Å². The third kappa shape index (κ3) is 7.53. The third-order valence-electron chi connectivity index (χ3n) is 13.0. The second-order valence-corrected chi connectivity index (χ2v) is 17.6. The van der Waals surface area contributed by atoms with E-state index in [1.165, 1.54) is 0 Å². The lowest BCUT2D eigenvalue weighted by Crippen LogP contribution is -2.60. The molecular weight excluding hydrogens is 721 g/mol. The Kier molecular flexibility index (Phi) is 10.4. The number of nitrogens with zero attached hydrogens (tertiary/aromatic N) is 7. The minimum atomic E-state index is -2.83. The molecule has 8 rings (SSSR count). The molecule has 5 aliphatic rings. The molecule has 0 radical (unpaired) electrons. The highest BCUT2D eigenvalue weighted by Gasteiger charge is 2.50. The number of amides is 2. The molecule has 1 aliphatic carbocycles. The van der Waals surface area contributed by atoms with Crippen molar-refractivity contribution in [2.75, 3.05) is 70.2 Å². The summed E-state index contributed by atoms with van der Waals surface area (Å²) in [7, 11) is 3.48. The molecule has 1 aromatic carbocycles. The van der Waals surface area contributed by atoms with E-state index in [0.717, 1.165) is 67.4 Å². The lowest BCUT2D eigenvalue weighted by atomic mass is 9.71. The fraction of sp³-hybridized carbons (Fsp3) is 0.659. The second-order valence-electron chi connectivity index (χ2n) is 17.6. The number of alkyl halides is 2. The molecule has 0 unspecified atom stereocenters. The molecule has 1 saturated carbocycles. The summed E-state index contributed by atoms with van der Waals surface area (Å²) in [6.45, 7) is 9.78. The number of likely N-dealkylation sites (tertiary alicyclic amines) is 3. The van der Waals surface area contributed by atoms with Crippen molar-refractivity contribution in [2.45, 2.75) is 108 Å². The van der Waals surface area contributed by atoms with Gasteiger partial charge in [0, 0.05) is 58.6 Å². The molecule has 13 nitrogen and oxygen atoms in total. The average molecular weight is 778 g/mol. The van der Waals surface area contributed by atoms with Crippen molar-refractivity contribution in [3.8, 4) is 0 Å². The Bertz CT molecular complexity index is 1930. The molecule has 3 aromatic rings. The minimum Gasteiger partial charge on any atom is -0.444 e. The molecular formula is C41H57F2N9O4. The van der Waals surface area contributed by atoms with Gasteiger partial charge in [-0.1, -0.05) is 12.1 Å². The van der Waals surface area contributed by atoms with Crippen molar-refractivity contribution in [1.82, 2.24) is 34.6 Å². The molecule has 4 fully saturated rings. The number of carbonyl (C=O) groups is 2. The minimum absolute atomic E-state index is 0.00861. The Balaban J connectivity index is 0.902. The van der Waals surface area contributed by atoms with Gasteiger partial charge in [0.15, 0.2) is 17.2 Å². The topological polar surface area (TPSA) is 120 Å². The van der Waals surface area contributed by atoms with Crippen LogP contribution < -0.4 is 15.5 Å². The number of imidazole rings is 1. The van der Waals surface area contributed by atoms with Crippen LogP contribution in [0.25, 0.3) is 5.65 Å². The summed E-state index contributed by atoms with van der Waals surface area (Å²) in [4.78, 5) is 38.4. The van der Waals surface area contributed by atoms with E-state index in [0.29, 0.717) is 69.4 Å². The standard InChI is InChI=1S/C41H57F2N9O4/c1-39(2,3)56-38(54)50-21-15-40(16-22-50)13-19-49(20-14-40)34-12-17-48(26-41(34,42)43)25-27-7-6-8-31-28(27)11-18-51(31)35-23-30(44-4)36-45-24-32(52(36)47-35)37(53)46-29-9-10-33(29)55-5/h6-8,23-24,29,33-34,44H,9-22,25-26H2,1-5H3,(H,46,53)/t29-,33-,34-/m1/s1. The zero-order valence-corrected chi connectivity index (χ0v) is 33.5. The lowest BCUT2D eigenvalue weighted by Gasteiger charge is -2.50. The number of hydrogen-bond acceptors (Lipinski definition) is 10. The van der Waals surface area contributed by atoms with Crippen molar-refractivity contribution in [2.24, 2.45) is 5.41 Å². The molecule has 304 valence electrons. The van der Waals surface area contributed by atoms with Crippen LogP contribution in [0, 0.1) is 5.41 Å². The average Bonchev–Trinajstić information content (AvgIpc) is 3.79. The fourth-order valence-electron chi connectivity index (χ4n) is 9.60. The molecule has 0 bridgehead atoms. The van der Waals surface area contributed by atoms with Gasteiger partial charge in [0.1, 0.15) is 5.60 Å². The molecule has 2 aromatic heterocycles. The number of ether oxygens (including phenoxy) is 2. The summed E-state index contributed by atoms with van der Waals surface area (Å²) in [6.07, 6.45) is 7.84. The molecule has 6 heterocycles. The fourth-order valence-corrected chi connectivity index (χ4v) is 9.60. The third-order valence-corrected chi connectivity index (χ3v) is 13.0. The maximum absolute atomic E-state index is 16.1. The largest absolute Gasteiger partial charge is 0.444 e. The molecule has 3 saturated heterocycles. The number of hydrogen-bond donors (Lipinski definition) is 2. The van der Waals surface area contributed by atoms with Crippen LogP contribution in [0.15, 0.2) is 30.5 Å². The Morgan fingerprint density at radius 1 is 1.00 bits per heavy atom. The molecule has 15 heteroatoms. The predicted octanol–water partition coefficient (Wildman–Crippen LogP) is 5.70. The summed E-state index contributed by atoms with van der Waals surface area (Å²) < 4.78 is 44.8. The number of piperidine rings is 3. The smallest absolute Gasteiger partial charge is 0.410 e. The Morgan fingerprint density at radius 3 is 2.41 bits per heavy atom. The monoisotopic (exact) mass is 777 g/mol. The van der Waals surface area contributed by atoms with E-state index < -0.39 is 17.6 Å². The summed E-state index contributed by atoms with van der Waals surface area (Å²) in [5.74, 6) is -2.40. The van der Waals surface area contributed by atoms with E-state index in [4.69, 9.17) is 14.6 Å². The quantitative estimate of drug-likeness (QED) is 0.295. The van der Waals surface area contributed by atoms with Crippen LogP contribution in [0.5, 0.6) is 0 Å². The second kappa shape index (κ2) is 15.0. The van der Waals surface area contributed by atoms with E-state index in [1.807, 2.05) is 49.8 Å². The zero-order valence-electron chi connectivity index (χ0n) is 33.5. The van der Waals surface area contributed by atoms with Crippen molar-refractivity contribution < 1.29 is 27.8 Å². The first kappa shape index (κ1) is 38.8. The Hall–Kier alpha value is -4.08. The van der Waals surface area contributed by atoms with Crippen molar-refractivity contribution in [3.63, 3.8) is 0 Å². The number of fused-ring (bicyclic) bond motifs is 2. The van der Waals surface area contributed by atoms with Crippen LogP contribution in [-0.2, 0) is 22.4 Å². The highest BCUT2D eigenvalue weighted by Crippen LogP contribution is 2.44. The van der Waals surface area contributed by atoms with Crippen molar-refractivity contribution in [3.05, 3.63) is 47.3 Å². The number of carbonyl (C=O) groups excluding carboxylic acids is 2. The van der Waals surface area contributed by atoms with Gasteiger partial charge < -0.3 is 29.9 Å². The number of benzene rings is 1. The summed E-state index contributed by atoms with van der Waals surface area (Å²) >= 11 is 0. The molecule has 2 amide bonds. The van der Waals surface area contributed by atoms with Crippen LogP contribution >= 0.6 is 0 Å². The molecule has 3 atom stereocenters. The normalized spacial score (nSPS) is 25.2. The maximum atomic E-state index is 16.1. The number of aromatic nitrogens is 3. The van der Waals surface area contributed by atoms with Gasteiger partial charge in [0.25, 0.3) is 11.8 Å². The Morgan fingerprint density at radius 2 is 1.75 bits per heavy atom. The van der Waals surface area contributed by atoms with Crippen LogP contribution in [0.3, 0.4) is 0 Å². The zero-order chi connectivity index (χ0) is 39.4. The van der Waals surface area contributed by atoms with Crippen molar-refractivity contribution in [1.29, 1.82) is 0 Å². The highest BCUT2D eigenvalue weighted by molar-refractivity contribution is 5.94. The number of anilines is 3. The van der Waals surface area contributed by atoms with Crippen LogP contribution in [-0.4, -0.2) is 131 Å². The number of methoxy groups -OCH3 is 1. The van der Waals surface area contributed by atoms with Gasteiger partial charge in [-0.3, -0.25) is 14.6 Å². The van der Waals surface area contributed by atoms with Crippen LogP contribution in [0.4, 0.5) is 30.8 Å². The maximum Gasteiger partial charge on any atom is 0.410 e. The molecule has 1 spiro atoms. The lowest BCUT2D eigenvalue weighted by molar-refractivity contribution is -0.139. The Labute approximate surface area is 328 Å². The van der Waals surface area contributed by atoms with Crippen LogP contribution in [0.2, 0.25) is 0 Å². The van der Waals surface area contributed by atoms with Gasteiger partial charge in [-0.05, 0) is 108 Å². The van der Waals surface area contributed by atoms with E-state index in [1.54, 1.807) is 22.7 Å². The van der Waals surface area contributed by atoms with Gasteiger partial charge in [-0.25, -0.2) is 23.1 Å².